The zero-order chi connectivity index (χ0) is 22.1. The molecule has 0 saturated carbocycles. The Morgan fingerprint density at radius 2 is 1.97 bits per heavy atom. The summed E-state index contributed by atoms with van der Waals surface area (Å²) in [6, 6.07) is 6.52. The predicted molar refractivity (Wildman–Crippen MR) is 134 cm³/mol. The normalized spacial score (nSPS) is 15.9. The molecule has 1 aliphatic rings. The molecule has 3 heterocycles. The van der Waals surface area contributed by atoms with Crippen LogP contribution in [0.4, 0.5) is 17.1 Å². The van der Waals surface area contributed by atoms with Crippen molar-refractivity contribution < 1.29 is 0 Å². The number of fused-ring (bicyclic) bond motifs is 1. The summed E-state index contributed by atoms with van der Waals surface area (Å²) in [6.45, 7) is 10.4. The minimum absolute atomic E-state index is 0.161. The number of hydrogen-bond donors (Lipinski definition) is 3. The van der Waals surface area contributed by atoms with Crippen LogP contribution in [0.15, 0.2) is 39.3 Å². The van der Waals surface area contributed by atoms with Crippen LogP contribution >= 0.6 is 11.3 Å². The number of allylic oxidation sites excluding steroid dienone is 1. The van der Waals surface area contributed by atoms with Crippen LogP contribution in [0.5, 0.6) is 0 Å². The lowest BCUT2D eigenvalue weighted by Crippen LogP contribution is -2.44. The fourth-order valence-electron chi connectivity index (χ4n) is 3.99. The van der Waals surface area contributed by atoms with Gasteiger partial charge < -0.3 is 25.8 Å². The molecule has 0 amide bonds. The first-order valence-corrected chi connectivity index (χ1v) is 11.7. The van der Waals surface area contributed by atoms with E-state index in [9.17, 15) is 4.79 Å². The van der Waals surface area contributed by atoms with Crippen molar-refractivity contribution in [2.75, 3.05) is 49.2 Å². The van der Waals surface area contributed by atoms with E-state index in [0.717, 1.165) is 66.0 Å². The molecule has 0 radical (unpaired) electrons. The number of nitrogens with one attached hydrogen (secondary N) is 2. The molecule has 2 aromatic heterocycles. The first-order valence-electron chi connectivity index (χ1n) is 10.8. The number of aromatic amines is 1. The van der Waals surface area contributed by atoms with Crippen molar-refractivity contribution in [3.05, 3.63) is 56.0 Å². The van der Waals surface area contributed by atoms with Gasteiger partial charge >= 0.3 is 0 Å². The number of piperazine rings is 1. The number of nitrogens with zero attached hydrogens (tertiary/aromatic N) is 2. The van der Waals surface area contributed by atoms with Crippen molar-refractivity contribution in [2.45, 2.75) is 27.2 Å². The average Bonchev–Trinajstić information content (AvgIpc) is 3.23. The highest BCUT2D eigenvalue weighted by Gasteiger charge is 2.19. The Hall–Kier alpha value is -2.77. The van der Waals surface area contributed by atoms with Crippen molar-refractivity contribution >= 4 is 45.0 Å². The van der Waals surface area contributed by atoms with Gasteiger partial charge in [-0.2, -0.15) is 0 Å². The van der Waals surface area contributed by atoms with Crippen LogP contribution < -0.4 is 21.5 Å². The maximum absolute atomic E-state index is 13.0. The van der Waals surface area contributed by atoms with Crippen LogP contribution in [0.25, 0.3) is 16.6 Å². The van der Waals surface area contributed by atoms with Gasteiger partial charge in [-0.3, -0.25) is 4.79 Å². The minimum Gasteiger partial charge on any atom is -0.397 e. The third-order valence-corrected chi connectivity index (χ3v) is 7.00. The molecule has 4 rings (SSSR count). The molecule has 0 bridgehead atoms. The molecule has 31 heavy (non-hydrogen) atoms. The number of anilines is 3. The standard InChI is InChI=1S/C24H31N5OS/c1-5-15(2)23(21-22(25)18-13-31-14-20(18)27-24(21)30)26-19-12-17(7-6-16(19)3)29-10-8-28(4)9-11-29/h6-7,12-14,26H,5,8-11,25H2,1-4H3,(H,27,30). The van der Waals surface area contributed by atoms with Crippen LogP contribution in [-0.4, -0.2) is 43.1 Å². The summed E-state index contributed by atoms with van der Waals surface area (Å²) in [6.07, 6.45) is 0.820. The fraction of sp³-hybridized carbons (Fsp3) is 0.375. The van der Waals surface area contributed by atoms with Crippen molar-refractivity contribution in [1.29, 1.82) is 0 Å². The number of nitrogen functional groups attached to an aromatic ring is 1. The second kappa shape index (κ2) is 8.77. The molecule has 4 N–H and O–H groups in total. The van der Waals surface area contributed by atoms with Gasteiger partial charge in [-0.05, 0) is 50.6 Å². The first kappa shape index (κ1) is 21.5. The molecule has 1 fully saturated rings. The topological polar surface area (TPSA) is 77.4 Å². The highest BCUT2D eigenvalue weighted by Crippen LogP contribution is 2.33. The maximum atomic E-state index is 13.0. The van der Waals surface area contributed by atoms with E-state index in [1.165, 1.54) is 17.0 Å². The van der Waals surface area contributed by atoms with Crippen LogP contribution in [0.3, 0.4) is 0 Å². The molecule has 7 heteroatoms. The number of pyridine rings is 1. The number of benzene rings is 1. The SMILES string of the molecule is CCC(C)=C(Nc1cc(N2CCN(C)CC2)ccc1C)c1c(N)c2cscc2[nH]c1=O. The van der Waals surface area contributed by atoms with Gasteiger partial charge in [0, 0.05) is 53.7 Å². The third kappa shape index (κ3) is 4.20. The van der Waals surface area contributed by atoms with Crippen molar-refractivity contribution in [3.63, 3.8) is 0 Å². The molecular formula is C24H31N5OS. The summed E-state index contributed by atoms with van der Waals surface area (Å²) in [5.41, 5.74) is 13.4. The number of nitrogens with two attached hydrogens (primary N) is 1. The van der Waals surface area contributed by atoms with Crippen molar-refractivity contribution in [2.24, 2.45) is 0 Å². The predicted octanol–water partition coefficient (Wildman–Crippen LogP) is 4.49. The van der Waals surface area contributed by atoms with Crippen LogP contribution in [-0.2, 0) is 0 Å². The molecular weight excluding hydrogens is 406 g/mol. The molecule has 0 unspecified atom stereocenters. The van der Waals surface area contributed by atoms with Crippen LogP contribution in [0.2, 0.25) is 0 Å². The van der Waals surface area contributed by atoms with E-state index in [4.69, 9.17) is 5.73 Å². The smallest absolute Gasteiger partial charge is 0.259 e. The molecule has 1 aliphatic heterocycles. The van der Waals surface area contributed by atoms with Gasteiger partial charge in [0.1, 0.15) is 0 Å². The van der Waals surface area contributed by atoms with E-state index in [1.807, 2.05) is 10.8 Å². The van der Waals surface area contributed by atoms with E-state index < -0.39 is 0 Å². The molecule has 0 spiro atoms. The summed E-state index contributed by atoms with van der Waals surface area (Å²) in [5, 5.41) is 8.39. The molecule has 6 nitrogen and oxygen atoms in total. The largest absolute Gasteiger partial charge is 0.397 e. The summed E-state index contributed by atoms with van der Waals surface area (Å²) in [5.74, 6) is 0. The summed E-state index contributed by atoms with van der Waals surface area (Å²) < 4.78 is 0. The summed E-state index contributed by atoms with van der Waals surface area (Å²) in [4.78, 5) is 20.8. The van der Waals surface area contributed by atoms with E-state index >= 15 is 0 Å². The Morgan fingerprint density at radius 1 is 1.23 bits per heavy atom. The van der Waals surface area contributed by atoms with Gasteiger partial charge in [0.15, 0.2) is 0 Å². The highest BCUT2D eigenvalue weighted by atomic mass is 32.1. The van der Waals surface area contributed by atoms with Gasteiger partial charge in [-0.25, -0.2) is 0 Å². The summed E-state index contributed by atoms with van der Waals surface area (Å²) >= 11 is 1.54. The molecule has 0 atom stereocenters. The van der Waals surface area contributed by atoms with Crippen molar-refractivity contribution in [1.82, 2.24) is 9.88 Å². The Morgan fingerprint density at radius 3 is 2.68 bits per heavy atom. The summed E-state index contributed by atoms with van der Waals surface area (Å²) in [7, 11) is 2.16. The molecule has 0 aliphatic carbocycles. The van der Waals surface area contributed by atoms with Gasteiger partial charge in [0.05, 0.1) is 22.5 Å². The number of H-pyrrole nitrogens is 1. The lowest BCUT2D eigenvalue weighted by Gasteiger charge is -2.34. The molecule has 1 aromatic carbocycles. The van der Waals surface area contributed by atoms with Crippen LogP contribution in [0.1, 0.15) is 31.4 Å². The number of thiophene rings is 1. The lowest BCUT2D eigenvalue weighted by atomic mass is 10.0. The Kier molecular flexibility index (Phi) is 6.07. The molecule has 3 aromatic rings. The molecule has 1 saturated heterocycles. The minimum atomic E-state index is -0.161. The first-order chi connectivity index (χ1) is 14.9. The Bertz CT molecular complexity index is 1180. The second-order valence-electron chi connectivity index (χ2n) is 8.37. The van der Waals surface area contributed by atoms with Gasteiger partial charge in [-0.15, -0.1) is 11.3 Å². The van der Waals surface area contributed by atoms with Gasteiger partial charge in [0.2, 0.25) is 0 Å². The quantitative estimate of drug-likeness (QED) is 0.548. The number of aryl methyl sites for hydroxylation is 1. The third-order valence-electron chi connectivity index (χ3n) is 6.25. The maximum Gasteiger partial charge on any atom is 0.259 e. The number of hydrogen-bond acceptors (Lipinski definition) is 6. The zero-order valence-electron chi connectivity index (χ0n) is 18.7. The number of likely N-dealkylation sites (N-methyl/N-ethyl adjacent to an activating group) is 1. The lowest BCUT2D eigenvalue weighted by molar-refractivity contribution is 0.313. The number of rotatable bonds is 5. The average molecular weight is 438 g/mol. The van der Waals surface area contributed by atoms with Crippen molar-refractivity contribution in [3.8, 4) is 0 Å². The van der Waals surface area contributed by atoms with E-state index in [-0.39, 0.29) is 5.56 Å². The van der Waals surface area contributed by atoms with Gasteiger partial charge in [-0.1, -0.05) is 13.0 Å². The second-order valence-corrected chi connectivity index (χ2v) is 9.11. The van der Waals surface area contributed by atoms with Crippen LogP contribution in [0, 0.1) is 6.92 Å². The fourth-order valence-corrected chi connectivity index (χ4v) is 4.77. The Labute approximate surface area is 187 Å². The van der Waals surface area contributed by atoms with E-state index in [0.29, 0.717) is 11.3 Å². The Balaban J connectivity index is 1.75. The van der Waals surface area contributed by atoms with Gasteiger partial charge in [0.25, 0.3) is 5.56 Å². The highest BCUT2D eigenvalue weighted by molar-refractivity contribution is 7.09. The number of aromatic nitrogens is 1. The van der Waals surface area contributed by atoms with E-state index in [2.05, 4.69) is 66.1 Å². The molecule has 164 valence electrons. The monoisotopic (exact) mass is 437 g/mol. The zero-order valence-corrected chi connectivity index (χ0v) is 19.5. The van der Waals surface area contributed by atoms with E-state index in [1.54, 1.807) is 0 Å².